The first-order valence-corrected chi connectivity index (χ1v) is 7.99. The zero-order valence-corrected chi connectivity index (χ0v) is 10.7. The molecule has 17 heavy (non-hydrogen) atoms. The Balaban J connectivity index is 1.78. The number of sulfone groups is 1. The second-order valence-electron chi connectivity index (χ2n) is 4.89. The summed E-state index contributed by atoms with van der Waals surface area (Å²) in [6.45, 7) is 0.600. The highest BCUT2D eigenvalue weighted by molar-refractivity contribution is 7.91. The van der Waals surface area contributed by atoms with E-state index < -0.39 is 9.84 Å². The van der Waals surface area contributed by atoms with Crippen LogP contribution in [0.2, 0.25) is 0 Å². The lowest BCUT2D eigenvalue weighted by Gasteiger charge is -2.23. The summed E-state index contributed by atoms with van der Waals surface area (Å²) < 4.78 is 34.0. The Bertz CT molecular complexity index is 340. The molecule has 0 aromatic heterocycles. The van der Waals surface area contributed by atoms with Gasteiger partial charge in [-0.1, -0.05) is 0 Å². The van der Waals surface area contributed by atoms with Gasteiger partial charge in [0.15, 0.2) is 16.1 Å². The number of ether oxygens (including phenoxy) is 2. The molecule has 0 aromatic carbocycles. The van der Waals surface area contributed by atoms with Gasteiger partial charge in [-0.25, -0.2) is 8.42 Å². The lowest BCUT2D eigenvalue weighted by Crippen LogP contribution is -2.28. The van der Waals surface area contributed by atoms with Gasteiger partial charge in [0.25, 0.3) is 0 Å². The molecule has 0 aliphatic carbocycles. The van der Waals surface area contributed by atoms with E-state index in [1.54, 1.807) is 0 Å². The molecule has 6 heteroatoms. The molecule has 2 rings (SSSR count). The number of hydrogen-bond donors (Lipinski definition) is 1. The van der Waals surface area contributed by atoms with Crippen LogP contribution in [0.4, 0.5) is 0 Å². The quantitative estimate of drug-likeness (QED) is 0.792. The van der Waals surface area contributed by atoms with Gasteiger partial charge in [-0.05, 0) is 25.2 Å². The first-order chi connectivity index (χ1) is 8.09. The molecule has 0 spiro atoms. The Hall–Kier alpha value is -0.170. The summed E-state index contributed by atoms with van der Waals surface area (Å²) in [6, 6.07) is 0. The SMILES string of the molecule is O=S1(=O)CCCC(CC2OCC(CCO)O2)C1. The zero-order valence-electron chi connectivity index (χ0n) is 9.88. The van der Waals surface area contributed by atoms with Crippen LogP contribution in [0.1, 0.15) is 25.7 Å². The highest BCUT2D eigenvalue weighted by Gasteiger charge is 2.31. The molecule has 2 saturated heterocycles. The Morgan fingerprint density at radius 2 is 2.18 bits per heavy atom. The van der Waals surface area contributed by atoms with Crippen molar-refractivity contribution in [2.24, 2.45) is 5.92 Å². The summed E-state index contributed by atoms with van der Waals surface area (Å²) in [5.74, 6) is 0.746. The molecular weight excluding hydrogens is 244 g/mol. The lowest BCUT2D eigenvalue weighted by molar-refractivity contribution is -0.0727. The normalized spacial score (nSPS) is 37.1. The third-order valence-corrected chi connectivity index (χ3v) is 5.24. The van der Waals surface area contributed by atoms with Gasteiger partial charge >= 0.3 is 0 Å². The van der Waals surface area contributed by atoms with Crippen LogP contribution in [0.5, 0.6) is 0 Å². The first kappa shape index (κ1) is 13.3. The second kappa shape index (κ2) is 5.65. The largest absolute Gasteiger partial charge is 0.396 e. The fourth-order valence-corrected chi connectivity index (χ4v) is 4.30. The van der Waals surface area contributed by atoms with Crippen molar-refractivity contribution in [1.29, 1.82) is 0 Å². The number of hydrogen-bond acceptors (Lipinski definition) is 5. The van der Waals surface area contributed by atoms with Crippen LogP contribution in [0.3, 0.4) is 0 Å². The van der Waals surface area contributed by atoms with Gasteiger partial charge in [-0.15, -0.1) is 0 Å². The molecule has 1 N–H and O–H groups in total. The number of rotatable bonds is 4. The molecular formula is C11H20O5S. The van der Waals surface area contributed by atoms with Gasteiger partial charge < -0.3 is 14.6 Å². The van der Waals surface area contributed by atoms with E-state index in [2.05, 4.69) is 0 Å². The predicted molar refractivity (Wildman–Crippen MR) is 62.3 cm³/mol. The predicted octanol–water partition coefficient (Wildman–Crippen LogP) is 0.325. The van der Waals surface area contributed by atoms with Gasteiger partial charge in [-0.2, -0.15) is 0 Å². The third-order valence-electron chi connectivity index (χ3n) is 3.35. The Labute approximate surface area is 102 Å². The van der Waals surface area contributed by atoms with Crippen molar-refractivity contribution >= 4 is 9.84 Å². The van der Waals surface area contributed by atoms with Crippen LogP contribution >= 0.6 is 0 Å². The molecule has 0 saturated carbocycles. The van der Waals surface area contributed by atoms with Crippen molar-refractivity contribution in [3.05, 3.63) is 0 Å². The van der Waals surface area contributed by atoms with Crippen molar-refractivity contribution in [2.75, 3.05) is 24.7 Å². The van der Waals surface area contributed by atoms with Crippen molar-refractivity contribution in [2.45, 2.75) is 38.1 Å². The number of aliphatic hydroxyl groups excluding tert-OH is 1. The third kappa shape index (κ3) is 3.91. The van der Waals surface area contributed by atoms with Gasteiger partial charge in [0, 0.05) is 13.0 Å². The summed E-state index contributed by atoms with van der Waals surface area (Å²) in [6.07, 6.45) is 2.60. The van der Waals surface area contributed by atoms with E-state index in [1.165, 1.54) is 0 Å². The summed E-state index contributed by atoms with van der Waals surface area (Å²) in [5.41, 5.74) is 0. The highest BCUT2D eigenvalue weighted by atomic mass is 32.2. The molecule has 2 aliphatic rings. The molecule has 2 heterocycles. The minimum atomic E-state index is -2.85. The molecule has 0 radical (unpaired) electrons. The van der Waals surface area contributed by atoms with Crippen molar-refractivity contribution < 1.29 is 23.0 Å². The van der Waals surface area contributed by atoms with E-state index in [1.807, 2.05) is 0 Å². The molecule has 3 atom stereocenters. The minimum absolute atomic E-state index is 0.0369. The van der Waals surface area contributed by atoms with Crippen LogP contribution in [0.15, 0.2) is 0 Å². The van der Waals surface area contributed by atoms with E-state index >= 15 is 0 Å². The average Bonchev–Trinajstić information content (AvgIpc) is 2.64. The summed E-state index contributed by atoms with van der Waals surface area (Å²) in [7, 11) is -2.85. The van der Waals surface area contributed by atoms with Crippen molar-refractivity contribution in [3.8, 4) is 0 Å². The molecule has 100 valence electrons. The van der Waals surface area contributed by atoms with E-state index in [4.69, 9.17) is 14.6 Å². The smallest absolute Gasteiger partial charge is 0.158 e. The van der Waals surface area contributed by atoms with Crippen LogP contribution in [-0.2, 0) is 19.3 Å². The molecule has 2 fully saturated rings. The summed E-state index contributed by atoms with van der Waals surface area (Å²) in [4.78, 5) is 0. The maximum atomic E-state index is 11.5. The average molecular weight is 264 g/mol. The lowest BCUT2D eigenvalue weighted by atomic mass is 10.0. The van der Waals surface area contributed by atoms with Crippen LogP contribution in [0, 0.1) is 5.92 Å². The van der Waals surface area contributed by atoms with Gasteiger partial charge in [0.1, 0.15) is 0 Å². The Morgan fingerprint density at radius 1 is 1.35 bits per heavy atom. The topological polar surface area (TPSA) is 72.8 Å². The van der Waals surface area contributed by atoms with E-state index in [-0.39, 0.29) is 30.7 Å². The summed E-state index contributed by atoms with van der Waals surface area (Å²) in [5, 5.41) is 8.79. The minimum Gasteiger partial charge on any atom is -0.396 e. The Kier molecular flexibility index (Phi) is 4.41. The standard InChI is InChI=1S/C11H20O5S/c12-4-3-10-7-15-11(16-10)6-9-2-1-5-17(13,14)8-9/h9-12H,1-8H2. The first-order valence-electron chi connectivity index (χ1n) is 6.17. The fraction of sp³-hybridized carbons (Fsp3) is 1.00. The van der Waals surface area contributed by atoms with E-state index in [0.29, 0.717) is 25.2 Å². The van der Waals surface area contributed by atoms with Gasteiger partial charge in [-0.3, -0.25) is 0 Å². The van der Waals surface area contributed by atoms with Gasteiger partial charge in [0.05, 0.1) is 24.2 Å². The monoisotopic (exact) mass is 264 g/mol. The fourth-order valence-electron chi connectivity index (χ4n) is 2.50. The summed E-state index contributed by atoms with van der Waals surface area (Å²) >= 11 is 0. The van der Waals surface area contributed by atoms with Gasteiger partial charge in [0.2, 0.25) is 0 Å². The molecule has 0 amide bonds. The molecule has 0 bridgehead atoms. The van der Waals surface area contributed by atoms with Crippen LogP contribution in [-0.4, -0.2) is 50.6 Å². The second-order valence-corrected chi connectivity index (χ2v) is 7.12. The molecule has 0 aromatic rings. The molecule has 5 nitrogen and oxygen atoms in total. The van der Waals surface area contributed by atoms with Crippen molar-refractivity contribution in [1.82, 2.24) is 0 Å². The Morgan fingerprint density at radius 3 is 2.88 bits per heavy atom. The zero-order chi connectivity index (χ0) is 12.3. The maximum Gasteiger partial charge on any atom is 0.158 e. The maximum absolute atomic E-state index is 11.5. The highest BCUT2D eigenvalue weighted by Crippen LogP contribution is 2.27. The van der Waals surface area contributed by atoms with Crippen LogP contribution < -0.4 is 0 Å². The van der Waals surface area contributed by atoms with Crippen molar-refractivity contribution in [3.63, 3.8) is 0 Å². The van der Waals surface area contributed by atoms with E-state index in [0.717, 1.165) is 12.8 Å². The van der Waals surface area contributed by atoms with Crippen LogP contribution in [0.25, 0.3) is 0 Å². The molecule has 2 aliphatic heterocycles. The molecule has 3 unspecified atom stereocenters. The number of aliphatic hydroxyl groups is 1. The van der Waals surface area contributed by atoms with E-state index in [9.17, 15) is 8.42 Å².